The van der Waals surface area contributed by atoms with Gasteiger partial charge in [0.25, 0.3) is 5.91 Å². The summed E-state index contributed by atoms with van der Waals surface area (Å²) in [6.07, 6.45) is 1.57. The van der Waals surface area contributed by atoms with Gasteiger partial charge in [0.05, 0.1) is 0 Å². The number of hydrogen-bond acceptors (Lipinski definition) is 5. The van der Waals surface area contributed by atoms with Crippen LogP contribution in [0, 0.1) is 6.92 Å². The normalized spacial score (nSPS) is 10.5. The van der Waals surface area contributed by atoms with Crippen molar-refractivity contribution in [1.29, 1.82) is 0 Å². The Morgan fingerprint density at radius 1 is 1.20 bits per heavy atom. The van der Waals surface area contributed by atoms with E-state index in [1.54, 1.807) is 13.2 Å². The van der Waals surface area contributed by atoms with Gasteiger partial charge in [-0.05, 0) is 43.5 Å². The van der Waals surface area contributed by atoms with Gasteiger partial charge >= 0.3 is 0 Å². The lowest BCUT2D eigenvalue weighted by molar-refractivity contribution is 0.0943. The summed E-state index contributed by atoms with van der Waals surface area (Å²) in [6.45, 7) is 3.67. The van der Waals surface area contributed by atoms with Crippen LogP contribution in [-0.4, -0.2) is 42.7 Å². The van der Waals surface area contributed by atoms with Crippen molar-refractivity contribution in [3.8, 4) is 0 Å². The molecule has 0 atom stereocenters. The van der Waals surface area contributed by atoms with Crippen molar-refractivity contribution in [2.24, 2.45) is 0 Å². The van der Waals surface area contributed by atoms with Gasteiger partial charge < -0.3 is 15.4 Å². The smallest absolute Gasteiger partial charge is 0.270 e. The lowest BCUT2D eigenvalue weighted by atomic mass is 10.1. The zero-order valence-corrected chi connectivity index (χ0v) is 15.3. The molecular weight excluding hydrogens is 340 g/mol. The molecule has 0 saturated carbocycles. The summed E-state index contributed by atoms with van der Waals surface area (Å²) < 4.78 is 4.96. The van der Waals surface area contributed by atoms with E-state index in [2.05, 4.69) is 20.6 Å². The Bertz CT molecular complexity index is 692. The van der Waals surface area contributed by atoms with E-state index in [1.807, 2.05) is 31.2 Å². The molecular formula is C18H23ClN4O2. The number of methoxy groups -OCH3 is 1. The second-order valence-electron chi connectivity index (χ2n) is 5.62. The summed E-state index contributed by atoms with van der Waals surface area (Å²) in [7, 11) is 1.64. The lowest BCUT2D eigenvalue weighted by Crippen LogP contribution is -2.26. The average Bonchev–Trinajstić information content (AvgIpc) is 2.60. The summed E-state index contributed by atoms with van der Waals surface area (Å²) in [6, 6.07) is 9.38. The molecule has 1 aromatic carbocycles. The van der Waals surface area contributed by atoms with E-state index in [0.29, 0.717) is 31.3 Å². The number of anilines is 1. The SMILES string of the molecule is COCCCNC(=O)c1cc(C)nc(NCCc2ccc(Cl)cc2)n1. The molecule has 0 radical (unpaired) electrons. The third-order valence-electron chi connectivity index (χ3n) is 3.51. The van der Waals surface area contributed by atoms with Crippen molar-refractivity contribution in [3.63, 3.8) is 0 Å². The highest BCUT2D eigenvalue weighted by atomic mass is 35.5. The molecule has 0 aliphatic rings. The van der Waals surface area contributed by atoms with E-state index < -0.39 is 0 Å². The van der Waals surface area contributed by atoms with Crippen molar-refractivity contribution >= 4 is 23.5 Å². The van der Waals surface area contributed by atoms with E-state index in [1.165, 1.54) is 5.56 Å². The molecule has 2 rings (SSSR count). The molecule has 6 nitrogen and oxygen atoms in total. The fourth-order valence-corrected chi connectivity index (χ4v) is 2.37. The maximum Gasteiger partial charge on any atom is 0.270 e. The number of nitrogens with zero attached hydrogens (tertiary/aromatic N) is 2. The molecule has 134 valence electrons. The van der Waals surface area contributed by atoms with Crippen LogP contribution in [0.1, 0.15) is 28.2 Å². The number of carbonyl (C=O) groups is 1. The predicted molar refractivity (Wildman–Crippen MR) is 99.2 cm³/mol. The van der Waals surface area contributed by atoms with Crippen LogP contribution in [0.5, 0.6) is 0 Å². The molecule has 7 heteroatoms. The van der Waals surface area contributed by atoms with Crippen LogP contribution in [-0.2, 0) is 11.2 Å². The highest BCUT2D eigenvalue weighted by molar-refractivity contribution is 6.30. The third kappa shape index (κ3) is 6.68. The summed E-state index contributed by atoms with van der Waals surface area (Å²) >= 11 is 5.88. The van der Waals surface area contributed by atoms with Crippen LogP contribution >= 0.6 is 11.6 Å². The Morgan fingerprint density at radius 2 is 1.96 bits per heavy atom. The van der Waals surface area contributed by atoms with Gasteiger partial charge in [-0.25, -0.2) is 9.97 Å². The van der Waals surface area contributed by atoms with Crippen LogP contribution in [0.25, 0.3) is 0 Å². The van der Waals surface area contributed by atoms with E-state index in [9.17, 15) is 4.79 Å². The first-order valence-electron chi connectivity index (χ1n) is 8.19. The van der Waals surface area contributed by atoms with Crippen molar-refractivity contribution in [2.45, 2.75) is 19.8 Å². The van der Waals surface area contributed by atoms with Gasteiger partial charge in [0.1, 0.15) is 5.69 Å². The second-order valence-corrected chi connectivity index (χ2v) is 6.06. The number of rotatable bonds is 9. The minimum atomic E-state index is -0.206. The number of hydrogen-bond donors (Lipinski definition) is 2. The van der Waals surface area contributed by atoms with Crippen molar-refractivity contribution in [1.82, 2.24) is 15.3 Å². The first-order chi connectivity index (χ1) is 12.1. The molecule has 0 saturated heterocycles. The highest BCUT2D eigenvalue weighted by Crippen LogP contribution is 2.10. The monoisotopic (exact) mass is 362 g/mol. The number of ether oxygens (including phenoxy) is 1. The van der Waals surface area contributed by atoms with Crippen molar-refractivity contribution < 1.29 is 9.53 Å². The molecule has 1 amide bonds. The quantitative estimate of drug-likeness (QED) is 0.671. The Labute approximate surface area is 153 Å². The van der Waals surface area contributed by atoms with Crippen LogP contribution in [0.2, 0.25) is 5.02 Å². The Hall–Kier alpha value is -2.18. The number of carbonyl (C=O) groups excluding carboxylic acids is 1. The van der Waals surface area contributed by atoms with E-state index in [-0.39, 0.29) is 5.91 Å². The Kier molecular flexibility index (Phi) is 7.63. The molecule has 25 heavy (non-hydrogen) atoms. The van der Waals surface area contributed by atoms with Gasteiger partial charge in [-0.3, -0.25) is 4.79 Å². The van der Waals surface area contributed by atoms with Gasteiger partial charge in [-0.2, -0.15) is 0 Å². The van der Waals surface area contributed by atoms with Crippen molar-refractivity contribution in [2.75, 3.05) is 32.1 Å². The third-order valence-corrected chi connectivity index (χ3v) is 3.76. The topological polar surface area (TPSA) is 76.1 Å². The number of nitrogens with one attached hydrogen (secondary N) is 2. The summed E-state index contributed by atoms with van der Waals surface area (Å²) in [4.78, 5) is 20.8. The average molecular weight is 363 g/mol. The molecule has 1 aromatic heterocycles. The highest BCUT2D eigenvalue weighted by Gasteiger charge is 2.10. The maximum absolute atomic E-state index is 12.2. The second kappa shape index (κ2) is 9.96. The number of aryl methyl sites for hydroxylation is 1. The minimum Gasteiger partial charge on any atom is -0.385 e. The number of amides is 1. The zero-order chi connectivity index (χ0) is 18.1. The first-order valence-corrected chi connectivity index (χ1v) is 8.57. The molecule has 0 aliphatic carbocycles. The summed E-state index contributed by atoms with van der Waals surface area (Å²) in [5, 5.41) is 6.71. The van der Waals surface area contributed by atoms with Crippen molar-refractivity contribution in [3.05, 3.63) is 52.3 Å². The molecule has 2 aromatic rings. The van der Waals surface area contributed by atoms with E-state index in [0.717, 1.165) is 23.6 Å². The van der Waals surface area contributed by atoms with Crippen LogP contribution in [0.4, 0.5) is 5.95 Å². The fourth-order valence-electron chi connectivity index (χ4n) is 2.24. The minimum absolute atomic E-state index is 0.206. The molecule has 0 spiro atoms. The molecule has 0 aliphatic heterocycles. The number of aromatic nitrogens is 2. The molecule has 0 fully saturated rings. The van der Waals surface area contributed by atoms with Crippen LogP contribution < -0.4 is 10.6 Å². The number of halogens is 1. The van der Waals surface area contributed by atoms with Gasteiger partial charge in [0, 0.05) is 37.5 Å². The zero-order valence-electron chi connectivity index (χ0n) is 14.5. The maximum atomic E-state index is 12.2. The van der Waals surface area contributed by atoms with E-state index in [4.69, 9.17) is 16.3 Å². The molecule has 0 bridgehead atoms. The Morgan fingerprint density at radius 3 is 2.68 bits per heavy atom. The summed E-state index contributed by atoms with van der Waals surface area (Å²) in [5.74, 6) is 0.248. The van der Waals surface area contributed by atoms with Crippen LogP contribution in [0.15, 0.2) is 30.3 Å². The standard InChI is InChI=1S/C18H23ClN4O2/c1-13-12-16(17(24)20-9-3-11-25-2)23-18(22-13)21-10-8-14-4-6-15(19)7-5-14/h4-7,12H,3,8-11H2,1-2H3,(H,20,24)(H,21,22,23). The fraction of sp³-hybridized carbons (Fsp3) is 0.389. The van der Waals surface area contributed by atoms with Gasteiger partial charge in [0.15, 0.2) is 0 Å². The lowest BCUT2D eigenvalue weighted by Gasteiger charge is -2.09. The predicted octanol–water partition coefficient (Wildman–Crippen LogP) is 2.86. The largest absolute Gasteiger partial charge is 0.385 e. The van der Waals surface area contributed by atoms with Crippen LogP contribution in [0.3, 0.4) is 0 Å². The molecule has 1 heterocycles. The van der Waals surface area contributed by atoms with E-state index >= 15 is 0 Å². The summed E-state index contributed by atoms with van der Waals surface area (Å²) in [5.41, 5.74) is 2.27. The van der Waals surface area contributed by atoms with Gasteiger partial charge in [0.2, 0.25) is 5.95 Å². The molecule has 2 N–H and O–H groups in total. The van der Waals surface area contributed by atoms with Gasteiger partial charge in [-0.1, -0.05) is 23.7 Å². The Balaban J connectivity index is 1.89. The first kappa shape index (κ1) is 19.1. The molecule has 0 unspecified atom stereocenters. The van der Waals surface area contributed by atoms with Gasteiger partial charge in [-0.15, -0.1) is 0 Å². The number of benzene rings is 1.